The molecule has 1 N–H and O–H groups in total. The van der Waals surface area contributed by atoms with Gasteiger partial charge < -0.3 is 15.0 Å². The first-order chi connectivity index (χ1) is 14.9. The largest absolute Gasteiger partial charge is 0.354 e. The molecule has 0 aliphatic rings. The number of hydrogen-bond acceptors (Lipinski definition) is 5. The van der Waals surface area contributed by atoms with Crippen molar-refractivity contribution in [2.75, 3.05) is 40.3 Å². The third-order valence-electron chi connectivity index (χ3n) is 5.12. The van der Waals surface area contributed by atoms with Crippen molar-refractivity contribution in [3.05, 3.63) is 71.0 Å². The molecular weight excluding hydrogens is 395 g/mol. The highest BCUT2D eigenvalue weighted by atomic mass is 19.1. The lowest BCUT2D eigenvalue weighted by molar-refractivity contribution is -0.129. The summed E-state index contributed by atoms with van der Waals surface area (Å²) < 4.78 is 13.1. The highest BCUT2D eigenvalue weighted by Crippen LogP contribution is 2.08. The van der Waals surface area contributed by atoms with Crippen molar-refractivity contribution in [2.45, 2.75) is 26.4 Å². The first kappa shape index (κ1) is 24.7. The minimum atomic E-state index is -0.304. The molecule has 0 aliphatic heterocycles. The van der Waals surface area contributed by atoms with Gasteiger partial charge in [0.15, 0.2) is 0 Å². The number of halogens is 1. The summed E-state index contributed by atoms with van der Waals surface area (Å²) in [7, 11) is 3.79. The first-order valence-electron chi connectivity index (χ1n) is 10.6. The van der Waals surface area contributed by atoms with E-state index in [0.717, 1.165) is 31.4 Å². The maximum absolute atomic E-state index is 13.1. The number of hydrogen-bond donors (Lipinski definition) is 1. The van der Waals surface area contributed by atoms with E-state index in [1.807, 2.05) is 7.05 Å². The molecule has 0 aromatic heterocycles. The second-order valence-electron chi connectivity index (χ2n) is 7.71. The number of aldehydes is 1. The van der Waals surface area contributed by atoms with Gasteiger partial charge in [-0.15, -0.1) is 0 Å². The number of rotatable bonds is 13. The molecule has 2 aromatic carbocycles. The first-order valence-corrected chi connectivity index (χ1v) is 10.6. The van der Waals surface area contributed by atoms with Crippen LogP contribution in [0.4, 0.5) is 4.39 Å². The van der Waals surface area contributed by atoms with E-state index in [-0.39, 0.29) is 24.8 Å². The van der Waals surface area contributed by atoms with Gasteiger partial charge in [-0.25, -0.2) is 14.4 Å². The smallest absolute Gasteiger partial charge is 0.235 e. The molecule has 0 radical (unpaired) electrons. The van der Waals surface area contributed by atoms with Crippen molar-refractivity contribution < 1.29 is 14.0 Å². The number of hydrazine groups is 1. The van der Waals surface area contributed by atoms with Crippen LogP contribution in [0, 0.1) is 5.82 Å². The van der Waals surface area contributed by atoms with Gasteiger partial charge in [-0.3, -0.25) is 4.79 Å². The van der Waals surface area contributed by atoms with Gasteiger partial charge in [0.05, 0.1) is 13.1 Å². The summed E-state index contributed by atoms with van der Waals surface area (Å²) in [6.45, 7) is 4.95. The number of nitrogens with zero attached hydrogens (tertiary/aromatic N) is 3. The summed E-state index contributed by atoms with van der Waals surface area (Å²) in [6, 6.07) is 14.7. The minimum Gasteiger partial charge on any atom is -0.354 e. The van der Waals surface area contributed by atoms with Crippen LogP contribution >= 0.6 is 0 Å². The van der Waals surface area contributed by atoms with E-state index in [1.165, 1.54) is 23.3 Å². The third kappa shape index (κ3) is 8.96. The van der Waals surface area contributed by atoms with Crippen LogP contribution in [0.25, 0.3) is 0 Å². The molecule has 0 saturated heterocycles. The molecule has 1 amide bonds. The van der Waals surface area contributed by atoms with Gasteiger partial charge in [0.1, 0.15) is 12.1 Å². The highest BCUT2D eigenvalue weighted by molar-refractivity contribution is 5.77. The van der Waals surface area contributed by atoms with Gasteiger partial charge in [0.2, 0.25) is 5.91 Å². The molecule has 6 nitrogen and oxygen atoms in total. The molecule has 31 heavy (non-hydrogen) atoms. The van der Waals surface area contributed by atoms with Crippen LogP contribution in [-0.4, -0.2) is 67.4 Å². The van der Waals surface area contributed by atoms with Crippen LogP contribution < -0.4 is 5.32 Å². The Bertz CT molecular complexity index is 811. The molecule has 2 rings (SSSR count). The second-order valence-corrected chi connectivity index (χ2v) is 7.71. The summed E-state index contributed by atoms with van der Waals surface area (Å²) in [5.74, 6) is -0.417. The molecular formula is C24H33FN4O2. The summed E-state index contributed by atoms with van der Waals surface area (Å²) in [5.41, 5.74) is 3.44. The van der Waals surface area contributed by atoms with Crippen LogP contribution in [0.15, 0.2) is 48.5 Å². The molecule has 0 aliphatic carbocycles. The maximum Gasteiger partial charge on any atom is 0.235 e. The molecule has 0 spiro atoms. The van der Waals surface area contributed by atoms with E-state index >= 15 is 0 Å². The van der Waals surface area contributed by atoms with E-state index in [2.05, 4.69) is 41.4 Å². The van der Waals surface area contributed by atoms with Gasteiger partial charge in [-0.05, 0) is 42.3 Å². The molecule has 0 heterocycles. The van der Waals surface area contributed by atoms with E-state index in [9.17, 15) is 14.0 Å². The number of aryl methyl sites for hydroxylation is 1. The fourth-order valence-electron chi connectivity index (χ4n) is 3.23. The van der Waals surface area contributed by atoms with Crippen LogP contribution in [0.1, 0.15) is 23.6 Å². The maximum atomic E-state index is 13.1. The zero-order valence-electron chi connectivity index (χ0n) is 18.7. The van der Waals surface area contributed by atoms with Gasteiger partial charge in [0, 0.05) is 33.2 Å². The summed E-state index contributed by atoms with van der Waals surface area (Å²) in [6.07, 6.45) is 1.82. The zero-order valence-corrected chi connectivity index (χ0v) is 18.7. The van der Waals surface area contributed by atoms with Gasteiger partial charge in [-0.2, -0.15) is 0 Å². The van der Waals surface area contributed by atoms with Crippen LogP contribution in [0.5, 0.6) is 0 Å². The fraction of sp³-hybridized carbons (Fsp3) is 0.417. The van der Waals surface area contributed by atoms with Crippen LogP contribution in [0.2, 0.25) is 0 Å². The second kappa shape index (κ2) is 12.9. The Balaban J connectivity index is 1.74. The Hall–Kier alpha value is -2.61. The molecule has 7 heteroatoms. The van der Waals surface area contributed by atoms with Gasteiger partial charge in [-0.1, -0.05) is 43.3 Å². The lowest BCUT2D eigenvalue weighted by Crippen LogP contribution is -2.46. The predicted molar refractivity (Wildman–Crippen MR) is 121 cm³/mol. The van der Waals surface area contributed by atoms with Gasteiger partial charge >= 0.3 is 0 Å². The average molecular weight is 429 g/mol. The SMILES string of the molecule is CCc1ccc(CN(C)CCNC(=O)CN(C)N(CC=O)Cc2ccc(F)cc2)cc1. The van der Waals surface area contributed by atoms with Crippen molar-refractivity contribution in [3.63, 3.8) is 0 Å². The quantitative estimate of drug-likeness (QED) is 0.392. The number of carbonyl (C=O) groups is 2. The molecule has 0 atom stereocenters. The van der Waals surface area contributed by atoms with E-state index in [4.69, 9.17) is 0 Å². The Labute approximate surface area is 184 Å². The number of likely N-dealkylation sites (N-methyl/N-ethyl adjacent to an activating group) is 2. The van der Waals surface area contributed by atoms with Crippen LogP contribution in [0.3, 0.4) is 0 Å². The number of carbonyl (C=O) groups excluding carboxylic acids is 2. The van der Waals surface area contributed by atoms with Crippen molar-refractivity contribution >= 4 is 12.2 Å². The van der Waals surface area contributed by atoms with E-state index < -0.39 is 0 Å². The minimum absolute atomic E-state index is 0.113. The lowest BCUT2D eigenvalue weighted by Gasteiger charge is -2.30. The summed E-state index contributed by atoms with van der Waals surface area (Å²) >= 11 is 0. The molecule has 0 fully saturated rings. The molecule has 0 unspecified atom stereocenters. The monoisotopic (exact) mass is 428 g/mol. The van der Waals surface area contributed by atoms with E-state index in [1.54, 1.807) is 29.2 Å². The number of nitrogens with one attached hydrogen (secondary N) is 1. The zero-order chi connectivity index (χ0) is 22.6. The normalized spacial score (nSPS) is 11.3. The molecule has 2 aromatic rings. The lowest BCUT2D eigenvalue weighted by atomic mass is 10.1. The van der Waals surface area contributed by atoms with Crippen molar-refractivity contribution in [1.29, 1.82) is 0 Å². The number of benzene rings is 2. The van der Waals surface area contributed by atoms with Crippen molar-refractivity contribution in [2.24, 2.45) is 0 Å². The average Bonchev–Trinajstić information content (AvgIpc) is 2.75. The van der Waals surface area contributed by atoms with Crippen molar-refractivity contribution in [3.8, 4) is 0 Å². The fourth-order valence-corrected chi connectivity index (χ4v) is 3.23. The third-order valence-corrected chi connectivity index (χ3v) is 5.12. The molecule has 0 bridgehead atoms. The standard InChI is InChI=1S/C24H33FN4O2/c1-4-20-5-7-21(8-6-20)17-27(2)14-13-26-24(31)19-28(3)29(15-16-30)18-22-9-11-23(25)12-10-22/h5-12,16H,4,13-15,17-19H2,1-3H3,(H,26,31). The predicted octanol–water partition coefficient (Wildman–Crippen LogP) is 2.48. The Morgan fingerprint density at radius 1 is 0.968 bits per heavy atom. The molecule has 0 saturated carbocycles. The van der Waals surface area contributed by atoms with Crippen LogP contribution in [-0.2, 0) is 29.1 Å². The van der Waals surface area contributed by atoms with E-state index in [0.29, 0.717) is 13.1 Å². The van der Waals surface area contributed by atoms with Crippen molar-refractivity contribution in [1.82, 2.24) is 20.2 Å². The highest BCUT2D eigenvalue weighted by Gasteiger charge is 2.15. The Morgan fingerprint density at radius 3 is 2.16 bits per heavy atom. The molecule has 168 valence electrons. The Morgan fingerprint density at radius 2 is 1.55 bits per heavy atom. The summed E-state index contributed by atoms with van der Waals surface area (Å²) in [5, 5.41) is 6.40. The topological polar surface area (TPSA) is 55.9 Å². The number of amides is 1. The summed E-state index contributed by atoms with van der Waals surface area (Å²) in [4.78, 5) is 25.5. The Kier molecular flexibility index (Phi) is 10.3. The van der Waals surface area contributed by atoms with Gasteiger partial charge in [0.25, 0.3) is 0 Å².